The average Bonchev–Trinajstić information content (AvgIpc) is 2.34. The number of nitrogens with zero attached hydrogens (tertiary/aromatic N) is 1. The monoisotopic (exact) mass is 254 g/mol. The SMILES string of the molecule is CNC(c1cnccc1C)c1c(C)cc(C)cc1C. The summed E-state index contributed by atoms with van der Waals surface area (Å²) >= 11 is 0. The third-order valence-electron chi connectivity index (χ3n) is 3.71. The molecule has 1 N–H and O–H groups in total. The van der Waals surface area contributed by atoms with Gasteiger partial charge in [-0.3, -0.25) is 4.98 Å². The first kappa shape index (κ1) is 13.8. The Labute approximate surface area is 115 Å². The van der Waals surface area contributed by atoms with Gasteiger partial charge >= 0.3 is 0 Å². The molecule has 2 nitrogen and oxygen atoms in total. The first-order valence-electron chi connectivity index (χ1n) is 6.70. The van der Waals surface area contributed by atoms with Gasteiger partial charge in [0.15, 0.2) is 0 Å². The van der Waals surface area contributed by atoms with E-state index in [9.17, 15) is 0 Å². The minimum Gasteiger partial charge on any atom is -0.309 e. The number of hydrogen-bond donors (Lipinski definition) is 1. The van der Waals surface area contributed by atoms with Crippen LogP contribution in [-0.2, 0) is 0 Å². The third kappa shape index (κ3) is 2.69. The van der Waals surface area contributed by atoms with Gasteiger partial charge in [-0.25, -0.2) is 0 Å². The molecule has 1 aromatic heterocycles. The molecule has 1 heterocycles. The van der Waals surface area contributed by atoms with Gasteiger partial charge < -0.3 is 5.32 Å². The molecule has 1 atom stereocenters. The maximum atomic E-state index is 4.28. The molecule has 19 heavy (non-hydrogen) atoms. The van der Waals surface area contributed by atoms with Gasteiger partial charge in [0, 0.05) is 12.4 Å². The predicted octanol–water partition coefficient (Wildman–Crippen LogP) is 3.62. The highest BCUT2D eigenvalue weighted by Crippen LogP contribution is 2.29. The van der Waals surface area contributed by atoms with Crippen molar-refractivity contribution in [2.24, 2.45) is 0 Å². The molecule has 0 fully saturated rings. The van der Waals surface area contributed by atoms with Crippen molar-refractivity contribution in [1.82, 2.24) is 10.3 Å². The quantitative estimate of drug-likeness (QED) is 0.905. The summed E-state index contributed by atoms with van der Waals surface area (Å²) in [5, 5.41) is 3.44. The second-order valence-corrected chi connectivity index (χ2v) is 5.27. The zero-order valence-electron chi connectivity index (χ0n) is 12.4. The van der Waals surface area contributed by atoms with Crippen LogP contribution in [0.1, 0.15) is 39.4 Å². The lowest BCUT2D eigenvalue weighted by Gasteiger charge is -2.23. The maximum Gasteiger partial charge on any atom is 0.0597 e. The van der Waals surface area contributed by atoms with Gasteiger partial charge in [0.1, 0.15) is 0 Å². The van der Waals surface area contributed by atoms with Crippen LogP contribution >= 0.6 is 0 Å². The smallest absolute Gasteiger partial charge is 0.0597 e. The van der Waals surface area contributed by atoms with Crippen molar-refractivity contribution in [3.05, 3.63) is 64.0 Å². The van der Waals surface area contributed by atoms with Crippen LogP contribution in [0.3, 0.4) is 0 Å². The van der Waals surface area contributed by atoms with Crippen molar-refractivity contribution in [3.8, 4) is 0 Å². The molecule has 0 amide bonds. The van der Waals surface area contributed by atoms with E-state index in [1.807, 2.05) is 19.4 Å². The summed E-state index contributed by atoms with van der Waals surface area (Å²) < 4.78 is 0. The molecule has 0 spiro atoms. The molecule has 2 aromatic rings. The summed E-state index contributed by atoms with van der Waals surface area (Å²) in [4.78, 5) is 4.28. The molecule has 0 aliphatic heterocycles. The number of hydrogen-bond acceptors (Lipinski definition) is 2. The van der Waals surface area contributed by atoms with Gasteiger partial charge in [0.2, 0.25) is 0 Å². The second kappa shape index (κ2) is 5.54. The van der Waals surface area contributed by atoms with E-state index >= 15 is 0 Å². The van der Waals surface area contributed by atoms with Gasteiger partial charge in [-0.15, -0.1) is 0 Å². The van der Waals surface area contributed by atoms with Crippen molar-refractivity contribution in [3.63, 3.8) is 0 Å². The molecule has 0 aliphatic rings. The topological polar surface area (TPSA) is 24.9 Å². The number of benzene rings is 1. The van der Waals surface area contributed by atoms with Gasteiger partial charge in [0.25, 0.3) is 0 Å². The van der Waals surface area contributed by atoms with Crippen molar-refractivity contribution in [2.75, 3.05) is 7.05 Å². The molecule has 0 aliphatic carbocycles. The largest absolute Gasteiger partial charge is 0.309 e. The molecule has 0 radical (unpaired) electrons. The summed E-state index contributed by atoms with van der Waals surface area (Å²) in [6, 6.07) is 6.77. The minimum atomic E-state index is 0.203. The van der Waals surface area contributed by atoms with Crippen LogP contribution in [0.4, 0.5) is 0 Å². The summed E-state index contributed by atoms with van der Waals surface area (Å²) in [5.74, 6) is 0. The highest BCUT2D eigenvalue weighted by Gasteiger charge is 2.18. The fourth-order valence-electron chi connectivity index (χ4n) is 2.88. The fraction of sp³-hybridized carbons (Fsp3) is 0.353. The van der Waals surface area contributed by atoms with E-state index in [0.29, 0.717) is 0 Å². The summed E-state index contributed by atoms with van der Waals surface area (Å²) in [5.41, 5.74) is 7.87. The number of rotatable bonds is 3. The molecule has 2 rings (SSSR count). The number of aromatic nitrogens is 1. The Balaban J connectivity index is 2.58. The summed E-state index contributed by atoms with van der Waals surface area (Å²) in [7, 11) is 2.01. The Morgan fingerprint density at radius 2 is 1.63 bits per heavy atom. The van der Waals surface area contributed by atoms with Crippen LogP contribution in [0, 0.1) is 27.7 Å². The Hall–Kier alpha value is -1.67. The molecule has 1 unspecified atom stereocenters. The molecule has 100 valence electrons. The zero-order valence-corrected chi connectivity index (χ0v) is 12.4. The van der Waals surface area contributed by atoms with Crippen LogP contribution in [-0.4, -0.2) is 12.0 Å². The molecule has 0 bridgehead atoms. The Morgan fingerprint density at radius 1 is 1.00 bits per heavy atom. The lowest BCUT2D eigenvalue weighted by molar-refractivity contribution is 0.675. The van der Waals surface area contributed by atoms with Gasteiger partial charge in [-0.05, 0) is 68.6 Å². The second-order valence-electron chi connectivity index (χ2n) is 5.27. The van der Waals surface area contributed by atoms with E-state index < -0.39 is 0 Å². The Morgan fingerprint density at radius 3 is 2.16 bits per heavy atom. The Bertz CT molecular complexity index is 565. The van der Waals surface area contributed by atoms with Gasteiger partial charge in [-0.2, -0.15) is 0 Å². The third-order valence-corrected chi connectivity index (χ3v) is 3.71. The number of nitrogens with one attached hydrogen (secondary N) is 1. The van der Waals surface area contributed by atoms with Gasteiger partial charge in [0.05, 0.1) is 6.04 Å². The lowest BCUT2D eigenvalue weighted by atomic mass is 9.89. The molecule has 2 heteroatoms. The van der Waals surface area contributed by atoms with Gasteiger partial charge in [-0.1, -0.05) is 17.7 Å². The van der Waals surface area contributed by atoms with E-state index in [-0.39, 0.29) is 6.04 Å². The fourth-order valence-corrected chi connectivity index (χ4v) is 2.88. The van der Waals surface area contributed by atoms with Crippen LogP contribution < -0.4 is 5.32 Å². The molecule has 1 aromatic carbocycles. The predicted molar refractivity (Wildman–Crippen MR) is 80.5 cm³/mol. The summed E-state index contributed by atoms with van der Waals surface area (Å²) in [6.07, 6.45) is 3.82. The van der Waals surface area contributed by atoms with Crippen molar-refractivity contribution < 1.29 is 0 Å². The van der Waals surface area contributed by atoms with Crippen LogP contribution in [0.2, 0.25) is 0 Å². The summed E-state index contributed by atoms with van der Waals surface area (Å²) in [6.45, 7) is 8.66. The van der Waals surface area contributed by atoms with Crippen molar-refractivity contribution in [2.45, 2.75) is 33.7 Å². The first-order valence-corrected chi connectivity index (χ1v) is 6.70. The minimum absolute atomic E-state index is 0.203. The van der Waals surface area contributed by atoms with Crippen LogP contribution in [0.5, 0.6) is 0 Å². The Kier molecular flexibility index (Phi) is 4.01. The zero-order chi connectivity index (χ0) is 14.0. The van der Waals surface area contributed by atoms with Crippen LogP contribution in [0.25, 0.3) is 0 Å². The standard InChI is InChI=1S/C17H22N2/c1-11-8-13(3)16(14(4)9-11)17(18-5)15-10-19-7-6-12(15)2/h6-10,17-18H,1-5H3. The normalized spacial score (nSPS) is 12.5. The van der Waals surface area contributed by atoms with Crippen molar-refractivity contribution in [1.29, 1.82) is 0 Å². The number of pyridine rings is 1. The highest BCUT2D eigenvalue weighted by atomic mass is 14.9. The van der Waals surface area contributed by atoms with E-state index in [4.69, 9.17) is 0 Å². The van der Waals surface area contributed by atoms with E-state index in [0.717, 1.165) is 0 Å². The highest BCUT2D eigenvalue weighted by molar-refractivity contribution is 5.45. The molecule has 0 saturated heterocycles. The maximum absolute atomic E-state index is 4.28. The lowest BCUT2D eigenvalue weighted by Crippen LogP contribution is -2.21. The van der Waals surface area contributed by atoms with E-state index in [1.165, 1.54) is 33.4 Å². The van der Waals surface area contributed by atoms with Crippen molar-refractivity contribution >= 4 is 0 Å². The molecular weight excluding hydrogens is 232 g/mol. The van der Waals surface area contributed by atoms with E-state index in [1.54, 1.807) is 0 Å². The first-order chi connectivity index (χ1) is 9.04. The molecular formula is C17H22N2. The van der Waals surface area contributed by atoms with E-state index in [2.05, 4.69) is 56.2 Å². The average molecular weight is 254 g/mol. The molecule has 0 saturated carbocycles. The number of aryl methyl sites for hydroxylation is 4. The van der Waals surface area contributed by atoms with Crippen LogP contribution in [0.15, 0.2) is 30.6 Å².